The van der Waals surface area contributed by atoms with Crippen LogP contribution in [0.25, 0.3) is 10.8 Å². The molecule has 1 atom stereocenters. The second-order valence-corrected chi connectivity index (χ2v) is 7.18. The standard InChI is InChI=1S/C16H20N6OS/c1-3-12-10(2)6-13(24-12)16-21-20-15(23-16)7-17-11-4-5-14-18-9-19-22(14)8-11/h6,9,11,17H,3-5,7-8H2,1-2H3. The third-order valence-electron chi connectivity index (χ3n) is 4.37. The highest BCUT2D eigenvalue weighted by Gasteiger charge is 2.20. The lowest BCUT2D eigenvalue weighted by Gasteiger charge is -2.22. The van der Waals surface area contributed by atoms with E-state index in [0.717, 1.165) is 36.5 Å². The zero-order valence-electron chi connectivity index (χ0n) is 13.8. The van der Waals surface area contributed by atoms with Gasteiger partial charge in [0, 0.05) is 17.3 Å². The molecule has 0 bridgehead atoms. The quantitative estimate of drug-likeness (QED) is 0.765. The van der Waals surface area contributed by atoms with Gasteiger partial charge in [-0.2, -0.15) is 5.10 Å². The third-order valence-corrected chi connectivity index (χ3v) is 5.74. The Bertz CT molecular complexity index is 835. The van der Waals surface area contributed by atoms with E-state index in [-0.39, 0.29) is 0 Å². The Hall–Kier alpha value is -2.06. The van der Waals surface area contributed by atoms with Crippen LogP contribution in [0.4, 0.5) is 0 Å². The van der Waals surface area contributed by atoms with Crippen molar-refractivity contribution in [2.24, 2.45) is 0 Å². The molecule has 1 N–H and O–H groups in total. The molecular weight excluding hydrogens is 324 g/mol. The van der Waals surface area contributed by atoms with Gasteiger partial charge in [-0.25, -0.2) is 9.67 Å². The van der Waals surface area contributed by atoms with Crippen molar-refractivity contribution in [1.29, 1.82) is 0 Å². The van der Waals surface area contributed by atoms with Crippen LogP contribution in [0, 0.1) is 6.92 Å². The molecule has 3 aromatic rings. The first-order chi connectivity index (χ1) is 11.7. The topological polar surface area (TPSA) is 81.7 Å². The Balaban J connectivity index is 1.39. The second kappa shape index (κ2) is 6.45. The highest BCUT2D eigenvalue weighted by molar-refractivity contribution is 7.15. The third kappa shape index (κ3) is 2.99. The largest absolute Gasteiger partial charge is 0.419 e. The van der Waals surface area contributed by atoms with Crippen LogP contribution in [0.3, 0.4) is 0 Å². The molecule has 0 radical (unpaired) electrons. The Labute approximate surface area is 144 Å². The van der Waals surface area contributed by atoms with E-state index in [1.807, 2.05) is 4.68 Å². The van der Waals surface area contributed by atoms with Gasteiger partial charge in [-0.05, 0) is 31.4 Å². The summed E-state index contributed by atoms with van der Waals surface area (Å²) in [5, 5.41) is 16.1. The zero-order chi connectivity index (χ0) is 16.5. The minimum atomic E-state index is 0.352. The number of hydrogen-bond donors (Lipinski definition) is 1. The fourth-order valence-corrected chi connectivity index (χ4v) is 4.07. The molecule has 24 heavy (non-hydrogen) atoms. The summed E-state index contributed by atoms with van der Waals surface area (Å²) >= 11 is 1.73. The highest BCUT2D eigenvalue weighted by Crippen LogP contribution is 2.30. The normalized spacial score (nSPS) is 17.2. The fraction of sp³-hybridized carbons (Fsp3) is 0.500. The van der Waals surface area contributed by atoms with Crippen molar-refractivity contribution >= 4 is 11.3 Å². The highest BCUT2D eigenvalue weighted by atomic mass is 32.1. The Kier molecular flexibility index (Phi) is 4.15. The maximum atomic E-state index is 5.82. The summed E-state index contributed by atoms with van der Waals surface area (Å²) in [5.41, 5.74) is 1.29. The van der Waals surface area contributed by atoms with Crippen molar-refractivity contribution in [1.82, 2.24) is 30.3 Å². The number of rotatable bonds is 5. The molecule has 7 nitrogen and oxygen atoms in total. The molecule has 0 aliphatic carbocycles. The van der Waals surface area contributed by atoms with E-state index < -0.39 is 0 Å². The van der Waals surface area contributed by atoms with Gasteiger partial charge in [0.2, 0.25) is 5.89 Å². The first-order valence-electron chi connectivity index (χ1n) is 8.25. The summed E-state index contributed by atoms with van der Waals surface area (Å²) in [4.78, 5) is 6.67. The molecule has 4 rings (SSSR count). The van der Waals surface area contributed by atoms with Gasteiger partial charge >= 0.3 is 0 Å². The summed E-state index contributed by atoms with van der Waals surface area (Å²) in [5.74, 6) is 2.30. The van der Waals surface area contributed by atoms with Crippen molar-refractivity contribution in [3.63, 3.8) is 0 Å². The number of fused-ring (bicyclic) bond motifs is 1. The van der Waals surface area contributed by atoms with Gasteiger partial charge in [0.1, 0.15) is 12.2 Å². The number of aromatic nitrogens is 5. The van der Waals surface area contributed by atoms with Gasteiger partial charge in [0.25, 0.3) is 5.89 Å². The molecular formula is C16H20N6OS. The predicted molar refractivity (Wildman–Crippen MR) is 90.7 cm³/mol. The van der Waals surface area contributed by atoms with Crippen LogP contribution in [-0.2, 0) is 25.9 Å². The first kappa shape index (κ1) is 15.5. The lowest BCUT2D eigenvalue weighted by atomic mass is 10.1. The minimum absolute atomic E-state index is 0.352. The maximum absolute atomic E-state index is 5.82. The lowest BCUT2D eigenvalue weighted by molar-refractivity contribution is 0.342. The number of nitrogens with zero attached hydrogens (tertiary/aromatic N) is 5. The lowest BCUT2D eigenvalue weighted by Crippen LogP contribution is -2.37. The molecule has 126 valence electrons. The number of thiophene rings is 1. The Morgan fingerprint density at radius 1 is 1.42 bits per heavy atom. The summed E-state index contributed by atoms with van der Waals surface area (Å²) < 4.78 is 7.78. The molecule has 0 saturated carbocycles. The van der Waals surface area contributed by atoms with E-state index in [2.05, 4.69) is 45.5 Å². The zero-order valence-corrected chi connectivity index (χ0v) is 14.6. The molecule has 1 aliphatic heterocycles. The van der Waals surface area contributed by atoms with Crippen LogP contribution in [-0.4, -0.2) is 31.0 Å². The summed E-state index contributed by atoms with van der Waals surface area (Å²) in [6.07, 6.45) is 4.64. The second-order valence-electron chi connectivity index (χ2n) is 6.05. The van der Waals surface area contributed by atoms with Crippen LogP contribution >= 0.6 is 11.3 Å². The summed E-state index contributed by atoms with van der Waals surface area (Å²) in [6.45, 7) is 5.70. The van der Waals surface area contributed by atoms with Crippen molar-refractivity contribution in [3.05, 3.63) is 34.5 Å². The van der Waals surface area contributed by atoms with Crippen molar-refractivity contribution < 1.29 is 4.42 Å². The Morgan fingerprint density at radius 3 is 3.17 bits per heavy atom. The number of hydrogen-bond acceptors (Lipinski definition) is 7. The van der Waals surface area contributed by atoms with Crippen molar-refractivity contribution in [2.75, 3.05) is 0 Å². The number of aryl methyl sites for hydroxylation is 3. The molecule has 1 aliphatic rings. The molecule has 0 spiro atoms. The molecule has 1 unspecified atom stereocenters. The van der Waals surface area contributed by atoms with E-state index in [4.69, 9.17) is 4.42 Å². The van der Waals surface area contributed by atoms with Crippen LogP contribution in [0.2, 0.25) is 0 Å². The molecule has 8 heteroatoms. The minimum Gasteiger partial charge on any atom is -0.419 e. The van der Waals surface area contributed by atoms with Crippen molar-refractivity contribution in [2.45, 2.75) is 52.2 Å². The van der Waals surface area contributed by atoms with Crippen LogP contribution in [0.5, 0.6) is 0 Å². The summed E-state index contributed by atoms with van der Waals surface area (Å²) in [6, 6.07) is 2.48. The van der Waals surface area contributed by atoms with E-state index in [1.54, 1.807) is 17.7 Å². The molecule has 0 saturated heterocycles. The van der Waals surface area contributed by atoms with E-state index in [0.29, 0.717) is 24.4 Å². The molecule has 0 amide bonds. The van der Waals surface area contributed by atoms with E-state index in [1.165, 1.54) is 10.4 Å². The molecule has 3 aromatic heterocycles. The number of nitrogens with one attached hydrogen (secondary N) is 1. The van der Waals surface area contributed by atoms with Gasteiger partial charge in [0.05, 0.1) is 18.0 Å². The predicted octanol–water partition coefficient (Wildman–Crippen LogP) is 2.37. The van der Waals surface area contributed by atoms with E-state index >= 15 is 0 Å². The van der Waals surface area contributed by atoms with Gasteiger partial charge in [-0.15, -0.1) is 21.5 Å². The molecule has 0 aromatic carbocycles. The van der Waals surface area contributed by atoms with Crippen LogP contribution in [0.1, 0.15) is 35.5 Å². The average molecular weight is 344 g/mol. The molecule has 0 fully saturated rings. The first-order valence-corrected chi connectivity index (χ1v) is 9.06. The smallest absolute Gasteiger partial charge is 0.257 e. The van der Waals surface area contributed by atoms with Gasteiger partial charge in [-0.1, -0.05) is 6.92 Å². The Morgan fingerprint density at radius 2 is 2.33 bits per heavy atom. The molecule has 4 heterocycles. The average Bonchev–Trinajstić information content (AvgIpc) is 3.31. The van der Waals surface area contributed by atoms with Gasteiger partial charge in [0.15, 0.2) is 0 Å². The SMILES string of the molecule is CCc1sc(-c2nnc(CNC3CCc4ncnn4C3)o2)cc1C. The van der Waals surface area contributed by atoms with E-state index in [9.17, 15) is 0 Å². The maximum Gasteiger partial charge on any atom is 0.257 e. The van der Waals surface area contributed by atoms with Crippen molar-refractivity contribution in [3.8, 4) is 10.8 Å². The van der Waals surface area contributed by atoms with Gasteiger partial charge in [-0.3, -0.25) is 0 Å². The van der Waals surface area contributed by atoms with Gasteiger partial charge < -0.3 is 9.73 Å². The van der Waals surface area contributed by atoms with Crippen LogP contribution in [0.15, 0.2) is 16.8 Å². The summed E-state index contributed by atoms with van der Waals surface area (Å²) in [7, 11) is 0. The van der Waals surface area contributed by atoms with Crippen LogP contribution < -0.4 is 5.32 Å². The monoisotopic (exact) mass is 344 g/mol. The fourth-order valence-electron chi connectivity index (χ4n) is 3.04.